The van der Waals surface area contributed by atoms with Crippen LogP contribution in [0, 0.1) is 5.82 Å². The Kier molecular flexibility index (Phi) is 4.51. The van der Waals surface area contributed by atoms with Crippen LogP contribution < -0.4 is 0 Å². The Labute approximate surface area is 100 Å². The molecule has 1 rings (SSSR count). The first kappa shape index (κ1) is 14.0. The van der Waals surface area contributed by atoms with Gasteiger partial charge >= 0.3 is 6.18 Å². The predicted molar refractivity (Wildman–Crippen MR) is 55.6 cm³/mol. The summed E-state index contributed by atoms with van der Waals surface area (Å²) in [4.78, 5) is 11.5. The number of benzene rings is 1. The van der Waals surface area contributed by atoms with E-state index in [1.807, 2.05) is 0 Å². The molecule has 0 aliphatic rings. The summed E-state index contributed by atoms with van der Waals surface area (Å²) in [6.45, 7) is 0. The molecule has 0 bridgehead atoms. The molecule has 0 spiro atoms. The second kappa shape index (κ2) is 5.49. The lowest BCUT2D eigenvalue weighted by atomic mass is 10.1. The minimum absolute atomic E-state index is 0.0751. The number of rotatable bonds is 4. The number of Topliss-reactive ketones (excluding diaryl/α,β-unsaturated/α-hetero) is 1. The fourth-order valence-corrected chi connectivity index (χ4v) is 1.53. The molecule has 94 valence electrons. The third-order valence-corrected chi connectivity index (χ3v) is 2.50. The van der Waals surface area contributed by atoms with Crippen molar-refractivity contribution in [2.45, 2.75) is 25.4 Å². The molecule has 0 aliphatic heterocycles. The lowest BCUT2D eigenvalue weighted by Gasteiger charge is -2.06. The first-order valence-electron chi connectivity index (χ1n) is 4.85. The Morgan fingerprint density at radius 3 is 2.53 bits per heavy atom. The summed E-state index contributed by atoms with van der Waals surface area (Å²) in [5.41, 5.74) is -0.0751. The highest BCUT2D eigenvalue weighted by Crippen LogP contribution is 2.25. The Hall–Kier alpha value is -1.10. The van der Waals surface area contributed by atoms with Gasteiger partial charge in [-0.15, -0.1) is 0 Å². The highest BCUT2D eigenvalue weighted by atomic mass is 35.5. The maximum atomic E-state index is 13.0. The molecule has 0 radical (unpaired) electrons. The maximum Gasteiger partial charge on any atom is 0.389 e. The quantitative estimate of drug-likeness (QED) is 0.584. The molecule has 0 N–H and O–H groups in total. The smallest absolute Gasteiger partial charge is 0.294 e. The van der Waals surface area contributed by atoms with Crippen LogP contribution in [-0.2, 0) is 0 Å². The zero-order valence-corrected chi connectivity index (χ0v) is 9.41. The van der Waals surface area contributed by atoms with Crippen LogP contribution in [0.25, 0.3) is 0 Å². The lowest BCUT2D eigenvalue weighted by Crippen LogP contribution is -2.09. The first-order valence-corrected chi connectivity index (χ1v) is 5.23. The standard InChI is InChI=1S/C11H9ClF4O/c12-10-7(3-1-4-8(10)13)9(17)5-2-6-11(14,15)16/h1,3-4H,2,5-6H2. The van der Waals surface area contributed by atoms with Crippen molar-refractivity contribution >= 4 is 17.4 Å². The van der Waals surface area contributed by atoms with E-state index in [2.05, 4.69) is 0 Å². The second-order valence-electron chi connectivity index (χ2n) is 3.49. The van der Waals surface area contributed by atoms with Gasteiger partial charge in [-0.2, -0.15) is 13.2 Å². The predicted octanol–water partition coefficient (Wildman–Crippen LogP) is 4.39. The SMILES string of the molecule is O=C(CCCC(F)(F)F)c1cccc(F)c1Cl. The van der Waals surface area contributed by atoms with Crippen LogP contribution in [0.1, 0.15) is 29.6 Å². The maximum absolute atomic E-state index is 13.0. The fraction of sp³-hybridized carbons (Fsp3) is 0.364. The van der Waals surface area contributed by atoms with Crippen molar-refractivity contribution in [1.82, 2.24) is 0 Å². The van der Waals surface area contributed by atoms with E-state index >= 15 is 0 Å². The van der Waals surface area contributed by atoms with E-state index in [1.165, 1.54) is 12.1 Å². The number of hydrogen-bond acceptors (Lipinski definition) is 1. The molecule has 0 aliphatic carbocycles. The summed E-state index contributed by atoms with van der Waals surface area (Å²) in [5, 5.41) is -0.343. The van der Waals surface area contributed by atoms with Crippen LogP contribution in [-0.4, -0.2) is 12.0 Å². The molecule has 0 unspecified atom stereocenters. The van der Waals surface area contributed by atoms with Gasteiger partial charge in [-0.3, -0.25) is 4.79 Å². The minimum Gasteiger partial charge on any atom is -0.294 e. The number of carbonyl (C=O) groups excluding carboxylic acids is 1. The van der Waals surface area contributed by atoms with Crippen LogP contribution >= 0.6 is 11.6 Å². The molecule has 1 nitrogen and oxygen atoms in total. The van der Waals surface area contributed by atoms with Gasteiger partial charge in [0.1, 0.15) is 5.82 Å². The fourth-order valence-electron chi connectivity index (χ4n) is 1.30. The van der Waals surface area contributed by atoms with E-state index in [1.54, 1.807) is 0 Å². The van der Waals surface area contributed by atoms with E-state index in [-0.39, 0.29) is 23.4 Å². The van der Waals surface area contributed by atoms with Crippen molar-refractivity contribution in [2.75, 3.05) is 0 Å². The Balaban J connectivity index is 2.62. The van der Waals surface area contributed by atoms with Gasteiger partial charge in [0.2, 0.25) is 0 Å². The van der Waals surface area contributed by atoms with Crippen molar-refractivity contribution in [3.8, 4) is 0 Å². The van der Waals surface area contributed by atoms with Crippen molar-refractivity contribution in [3.05, 3.63) is 34.6 Å². The van der Waals surface area contributed by atoms with Gasteiger partial charge in [-0.25, -0.2) is 4.39 Å². The number of alkyl halides is 3. The second-order valence-corrected chi connectivity index (χ2v) is 3.87. The monoisotopic (exact) mass is 268 g/mol. The summed E-state index contributed by atoms with van der Waals surface area (Å²) in [5.74, 6) is -1.34. The van der Waals surface area contributed by atoms with Gasteiger partial charge in [-0.1, -0.05) is 17.7 Å². The molecule has 6 heteroatoms. The molecule has 0 heterocycles. The van der Waals surface area contributed by atoms with Crippen molar-refractivity contribution < 1.29 is 22.4 Å². The average Bonchev–Trinajstić information content (AvgIpc) is 2.20. The van der Waals surface area contributed by atoms with E-state index in [4.69, 9.17) is 11.6 Å². The Morgan fingerprint density at radius 1 is 1.29 bits per heavy atom. The number of ketones is 1. The zero-order valence-electron chi connectivity index (χ0n) is 8.65. The summed E-state index contributed by atoms with van der Waals surface area (Å²) in [6.07, 6.45) is -5.95. The zero-order chi connectivity index (χ0) is 13.1. The van der Waals surface area contributed by atoms with E-state index in [9.17, 15) is 22.4 Å². The first-order chi connectivity index (χ1) is 7.81. The third-order valence-electron chi connectivity index (χ3n) is 2.12. The van der Waals surface area contributed by atoms with Gasteiger partial charge < -0.3 is 0 Å². The van der Waals surface area contributed by atoms with Gasteiger partial charge in [0.25, 0.3) is 0 Å². The molecular formula is C11H9ClF4O. The average molecular weight is 269 g/mol. The summed E-state index contributed by atoms with van der Waals surface area (Å²) >= 11 is 5.54. The molecule has 17 heavy (non-hydrogen) atoms. The van der Waals surface area contributed by atoms with Crippen molar-refractivity contribution in [1.29, 1.82) is 0 Å². The normalized spacial score (nSPS) is 11.6. The number of hydrogen-bond donors (Lipinski definition) is 0. The highest BCUT2D eigenvalue weighted by Gasteiger charge is 2.26. The van der Waals surface area contributed by atoms with Crippen LogP contribution in [0.15, 0.2) is 18.2 Å². The van der Waals surface area contributed by atoms with E-state index in [0.29, 0.717) is 0 Å². The topological polar surface area (TPSA) is 17.1 Å². The van der Waals surface area contributed by atoms with Gasteiger partial charge in [0, 0.05) is 18.4 Å². The van der Waals surface area contributed by atoms with E-state index < -0.39 is 24.2 Å². The summed E-state index contributed by atoms with van der Waals surface area (Å²) in [7, 11) is 0. The molecule has 0 saturated carbocycles. The molecule has 0 fully saturated rings. The van der Waals surface area contributed by atoms with Gasteiger partial charge in [0.05, 0.1) is 5.02 Å². The summed E-state index contributed by atoms with van der Waals surface area (Å²) in [6, 6.07) is 3.66. The summed E-state index contributed by atoms with van der Waals surface area (Å²) < 4.78 is 48.6. The molecule has 0 amide bonds. The van der Waals surface area contributed by atoms with Crippen LogP contribution in [0.2, 0.25) is 5.02 Å². The van der Waals surface area contributed by atoms with Crippen LogP contribution in [0.4, 0.5) is 17.6 Å². The van der Waals surface area contributed by atoms with Gasteiger partial charge in [-0.05, 0) is 18.6 Å². The van der Waals surface area contributed by atoms with Crippen LogP contribution in [0.3, 0.4) is 0 Å². The number of carbonyl (C=O) groups is 1. The van der Waals surface area contributed by atoms with E-state index in [0.717, 1.165) is 6.07 Å². The molecule has 1 aromatic carbocycles. The lowest BCUT2D eigenvalue weighted by molar-refractivity contribution is -0.135. The van der Waals surface area contributed by atoms with Gasteiger partial charge in [0.15, 0.2) is 5.78 Å². The molecule has 1 aromatic rings. The Bertz CT molecular complexity index is 414. The number of halogens is 5. The molecule has 0 saturated heterocycles. The molecule has 0 aromatic heterocycles. The Morgan fingerprint density at radius 2 is 1.94 bits per heavy atom. The molecule has 0 atom stereocenters. The van der Waals surface area contributed by atoms with Crippen molar-refractivity contribution in [3.63, 3.8) is 0 Å². The third kappa shape index (κ3) is 4.34. The van der Waals surface area contributed by atoms with Crippen LogP contribution in [0.5, 0.6) is 0 Å². The molecular weight excluding hydrogens is 260 g/mol. The minimum atomic E-state index is -4.29. The highest BCUT2D eigenvalue weighted by molar-refractivity contribution is 6.34. The largest absolute Gasteiger partial charge is 0.389 e. The van der Waals surface area contributed by atoms with Crippen molar-refractivity contribution in [2.24, 2.45) is 0 Å².